The summed E-state index contributed by atoms with van der Waals surface area (Å²) in [5, 5.41) is 3.62. The van der Waals surface area contributed by atoms with Crippen molar-refractivity contribution >= 4 is 0 Å². The van der Waals surface area contributed by atoms with Crippen LogP contribution >= 0.6 is 0 Å². The molecule has 2 nitrogen and oxygen atoms in total. The molecule has 2 atom stereocenters. The van der Waals surface area contributed by atoms with Crippen LogP contribution in [0.1, 0.15) is 58.8 Å². The SMILES string of the molecule is CNC1C(CN(C)CC2CCCC2)CCCC1(C)C. The van der Waals surface area contributed by atoms with Gasteiger partial charge in [0.2, 0.25) is 0 Å². The number of hydrogen-bond acceptors (Lipinski definition) is 2. The third kappa shape index (κ3) is 3.95. The Balaban J connectivity index is 1.85. The molecule has 2 rings (SSSR count). The maximum absolute atomic E-state index is 3.62. The van der Waals surface area contributed by atoms with Crippen molar-refractivity contribution in [1.82, 2.24) is 10.2 Å². The predicted octanol–water partition coefficient (Wildman–Crippen LogP) is 3.52. The van der Waals surface area contributed by atoms with E-state index in [0.717, 1.165) is 11.8 Å². The normalized spacial score (nSPS) is 32.1. The first-order chi connectivity index (χ1) is 9.03. The van der Waals surface area contributed by atoms with Crippen molar-refractivity contribution in [2.75, 3.05) is 27.2 Å². The average Bonchev–Trinajstić information content (AvgIpc) is 2.80. The van der Waals surface area contributed by atoms with Gasteiger partial charge in [0.1, 0.15) is 0 Å². The lowest BCUT2D eigenvalue weighted by Gasteiger charge is -2.45. The number of nitrogens with one attached hydrogen (secondary N) is 1. The molecule has 0 aromatic carbocycles. The lowest BCUT2D eigenvalue weighted by molar-refractivity contribution is 0.0866. The zero-order valence-corrected chi connectivity index (χ0v) is 13.5. The Morgan fingerprint density at radius 3 is 2.37 bits per heavy atom. The van der Waals surface area contributed by atoms with E-state index < -0.39 is 0 Å². The predicted molar refractivity (Wildman–Crippen MR) is 83.4 cm³/mol. The highest BCUT2D eigenvalue weighted by atomic mass is 15.1. The summed E-state index contributed by atoms with van der Waals surface area (Å²) in [5.41, 5.74) is 0.464. The molecule has 0 aromatic rings. The molecule has 0 aliphatic heterocycles. The highest BCUT2D eigenvalue weighted by molar-refractivity contribution is 4.93. The smallest absolute Gasteiger partial charge is 0.0156 e. The van der Waals surface area contributed by atoms with Crippen molar-refractivity contribution in [3.05, 3.63) is 0 Å². The Labute approximate surface area is 120 Å². The molecule has 0 amide bonds. The van der Waals surface area contributed by atoms with E-state index in [1.54, 1.807) is 0 Å². The van der Waals surface area contributed by atoms with Gasteiger partial charge < -0.3 is 10.2 Å². The Morgan fingerprint density at radius 2 is 1.74 bits per heavy atom. The zero-order valence-electron chi connectivity index (χ0n) is 13.5. The largest absolute Gasteiger partial charge is 0.316 e. The lowest BCUT2D eigenvalue weighted by atomic mass is 9.68. The van der Waals surface area contributed by atoms with Gasteiger partial charge >= 0.3 is 0 Å². The van der Waals surface area contributed by atoms with Gasteiger partial charge in [-0.05, 0) is 57.0 Å². The van der Waals surface area contributed by atoms with Crippen molar-refractivity contribution in [3.8, 4) is 0 Å². The van der Waals surface area contributed by atoms with Crippen molar-refractivity contribution in [2.24, 2.45) is 17.3 Å². The van der Waals surface area contributed by atoms with Crippen molar-refractivity contribution in [3.63, 3.8) is 0 Å². The molecule has 2 aliphatic carbocycles. The van der Waals surface area contributed by atoms with E-state index in [0.29, 0.717) is 11.5 Å². The van der Waals surface area contributed by atoms with Crippen LogP contribution in [0.3, 0.4) is 0 Å². The molecule has 0 heterocycles. The van der Waals surface area contributed by atoms with Crippen LogP contribution in [-0.2, 0) is 0 Å². The molecule has 2 heteroatoms. The summed E-state index contributed by atoms with van der Waals surface area (Å²) in [6, 6.07) is 0.687. The van der Waals surface area contributed by atoms with Crippen LogP contribution in [-0.4, -0.2) is 38.1 Å². The Kier molecular flexibility index (Phi) is 5.30. The minimum atomic E-state index is 0.464. The third-order valence-electron chi connectivity index (χ3n) is 5.61. The quantitative estimate of drug-likeness (QED) is 0.819. The van der Waals surface area contributed by atoms with Gasteiger partial charge in [0.05, 0.1) is 0 Å². The molecule has 2 unspecified atom stereocenters. The van der Waals surface area contributed by atoms with Gasteiger partial charge in [-0.2, -0.15) is 0 Å². The fourth-order valence-corrected chi connectivity index (χ4v) is 4.71. The second kappa shape index (κ2) is 6.58. The first-order valence-corrected chi connectivity index (χ1v) is 8.39. The van der Waals surface area contributed by atoms with Crippen LogP contribution in [0.5, 0.6) is 0 Å². The highest BCUT2D eigenvalue weighted by Gasteiger charge is 2.38. The van der Waals surface area contributed by atoms with E-state index in [2.05, 4.69) is 38.2 Å². The first-order valence-electron chi connectivity index (χ1n) is 8.39. The van der Waals surface area contributed by atoms with Crippen LogP contribution in [0.2, 0.25) is 0 Å². The maximum Gasteiger partial charge on any atom is 0.0156 e. The molecule has 0 bridgehead atoms. The second-order valence-corrected chi connectivity index (χ2v) is 7.78. The summed E-state index contributed by atoms with van der Waals surface area (Å²) in [5.74, 6) is 1.81. The van der Waals surface area contributed by atoms with Crippen molar-refractivity contribution in [2.45, 2.75) is 64.8 Å². The van der Waals surface area contributed by atoms with E-state index in [4.69, 9.17) is 0 Å². The Hall–Kier alpha value is -0.0800. The van der Waals surface area contributed by atoms with E-state index >= 15 is 0 Å². The molecule has 2 fully saturated rings. The molecule has 0 saturated heterocycles. The van der Waals surface area contributed by atoms with Crippen LogP contribution in [0.4, 0.5) is 0 Å². The average molecular weight is 266 g/mol. The monoisotopic (exact) mass is 266 g/mol. The summed E-state index contributed by atoms with van der Waals surface area (Å²) in [6.07, 6.45) is 10.1. The standard InChI is InChI=1S/C17H34N2/c1-17(2)11-7-10-15(16(17)18-3)13-19(4)12-14-8-5-6-9-14/h14-16,18H,5-13H2,1-4H3. The van der Waals surface area contributed by atoms with Gasteiger partial charge in [-0.25, -0.2) is 0 Å². The second-order valence-electron chi connectivity index (χ2n) is 7.78. The zero-order chi connectivity index (χ0) is 13.9. The Bertz CT molecular complexity index is 268. The maximum atomic E-state index is 3.62. The van der Waals surface area contributed by atoms with Gasteiger partial charge in [0.15, 0.2) is 0 Å². The molecule has 2 aliphatic rings. The molecular formula is C17H34N2. The molecule has 0 aromatic heterocycles. The van der Waals surface area contributed by atoms with Crippen LogP contribution in [0, 0.1) is 17.3 Å². The minimum absolute atomic E-state index is 0.464. The lowest BCUT2D eigenvalue weighted by Crippen LogP contribution is -2.51. The minimum Gasteiger partial charge on any atom is -0.316 e. The molecule has 1 N–H and O–H groups in total. The number of hydrogen-bond donors (Lipinski definition) is 1. The van der Waals surface area contributed by atoms with E-state index in [1.807, 2.05) is 0 Å². The van der Waals surface area contributed by atoms with Crippen LogP contribution in [0.15, 0.2) is 0 Å². The molecule has 0 radical (unpaired) electrons. The van der Waals surface area contributed by atoms with E-state index in [9.17, 15) is 0 Å². The summed E-state index contributed by atoms with van der Waals surface area (Å²) >= 11 is 0. The molecule has 2 saturated carbocycles. The van der Waals surface area contributed by atoms with Gasteiger partial charge in [-0.15, -0.1) is 0 Å². The highest BCUT2D eigenvalue weighted by Crippen LogP contribution is 2.39. The molecular weight excluding hydrogens is 232 g/mol. The summed E-state index contributed by atoms with van der Waals surface area (Å²) in [6.45, 7) is 7.49. The number of nitrogens with zero attached hydrogens (tertiary/aromatic N) is 1. The van der Waals surface area contributed by atoms with Gasteiger partial charge in [0, 0.05) is 19.1 Å². The van der Waals surface area contributed by atoms with Crippen molar-refractivity contribution < 1.29 is 0 Å². The third-order valence-corrected chi connectivity index (χ3v) is 5.61. The molecule has 19 heavy (non-hydrogen) atoms. The number of rotatable bonds is 5. The van der Waals surface area contributed by atoms with Crippen molar-refractivity contribution in [1.29, 1.82) is 0 Å². The summed E-state index contributed by atoms with van der Waals surface area (Å²) in [7, 11) is 4.49. The topological polar surface area (TPSA) is 15.3 Å². The van der Waals surface area contributed by atoms with Gasteiger partial charge in [0.25, 0.3) is 0 Å². The fourth-order valence-electron chi connectivity index (χ4n) is 4.71. The molecule has 0 spiro atoms. The van der Waals surface area contributed by atoms with Crippen LogP contribution < -0.4 is 5.32 Å². The van der Waals surface area contributed by atoms with Crippen LogP contribution in [0.25, 0.3) is 0 Å². The van der Waals surface area contributed by atoms with E-state index in [1.165, 1.54) is 58.0 Å². The molecule has 112 valence electrons. The fraction of sp³-hybridized carbons (Fsp3) is 1.00. The van der Waals surface area contributed by atoms with Gasteiger partial charge in [-0.3, -0.25) is 0 Å². The first kappa shape index (κ1) is 15.3. The summed E-state index contributed by atoms with van der Waals surface area (Å²) < 4.78 is 0. The van der Waals surface area contributed by atoms with E-state index in [-0.39, 0.29) is 0 Å². The Morgan fingerprint density at radius 1 is 1.05 bits per heavy atom. The summed E-state index contributed by atoms with van der Waals surface area (Å²) in [4.78, 5) is 2.62. The van der Waals surface area contributed by atoms with Gasteiger partial charge in [-0.1, -0.05) is 33.1 Å².